The maximum absolute atomic E-state index is 12.9. The molecular formula is C21H19N5O4S. The molecule has 0 bridgehead atoms. The molecule has 1 aromatic heterocycles. The molecule has 1 saturated heterocycles. The summed E-state index contributed by atoms with van der Waals surface area (Å²) in [5.74, 6) is -0.130. The van der Waals surface area contributed by atoms with Crippen molar-refractivity contribution in [1.29, 1.82) is 5.26 Å². The molecule has 2 heterocycles. The van der Waals surface area contributed by atoms with Crippen molar-refractivity contribution in [3.05, 3.63) is 60.5 Å². The van der Waals surface area contributed by atoms with Gasteiger partial charge >= 0.3 is 0 Å². The molecule has 10 heteroatoms. The Labute approximate surface area is 179 Å². The molecule has 0 spiro atoms. The van der Waals surface area contributed by atoms with Gasteiger partial charge in [-0.15, -0.1) is 10.2 Å². The van der Waals surface area contributed by atoms with Crippen LogP contribution in [0.1, 0.15) is 18.4 Å². The lowest BCUT2D eigenvalue weighted by Gasteiger charge is -2.30. The van der Waals surface area contributed by atoms with E-state index in [0.29, 0.717) is 30.0 Å². The summed E-state index contributed by atoms with van der Waals surface area (Å²) in [5.41, 5.74) is 1.40. The van der Waals surface area contributed by atoms with E-state index < -0.39 is 10.0 Å². The van der Waals surface area contributed by atoms with Crippen LogP contribution in [0.25, 0.3) is 11.5 Å². The highest BCUT2D eigenvalue weighted by molar-refractivity contribution is 7.89. The van der Waals surface area contributed by atoms with Crippen LogP contribution in [0.3, 0.4) is 0 Å². The molecule has 0 unspecified atom stereocenters. The van der Waals surface area contributed by atoms with Crippen molar-refractivity contribution in [3.8, 4) is 17.5 Å². The molecule has 0 aliphatic carbocycles. The van der Waals surface area contributed by atoms with Gasteiger partial charge < -0.3 is 9.73 Å². The second-order valence-corrected chi connectivity index (χ2v) is 9.01. The van der Waals surface area contributed by atoms with Gasteiger partial charge in [-0.3, -0.25) is 4.79 Å². The SMILES string of the molecule is N#Cc1ccccc1S(=O)(=O)N1CCC(C(=O)Nc2cccc(-c3nnco3)c2)CC1. The van der Waals surface area contributed by atoms with Gasteiger partial charge in [0.1, 0.15) is 6.07 Å². The van der Waals surface area contributed by atoms with E-state index in [9.17, 15) is 18.5 Å². The Morgan fingerprint density at radius 3 is 2.65 bits per heavy atom. The van der Waals surface area contributed by atoms with Gasteiger partial charge in [0.2, 0.25) is 28.2 Å². The third-order valence-electron chi connectivity index (χ3n) is 5.19. The minimum Gasteiger partial charge on any atom is -0.423 e. The standard InChI is InChI=1S/C21H19N5O4S/c22-13-17-4-1-2-7-19(17)31(28,29)26-10-8-15(9-11-26)20(27)24-18-6-3-5-16(12-18)21-25-23-14-30-21/h1-7,12,14-15H,8-11H2,(H,24,27). The molecule has 2 aromatic carbocycles. The van der Waals surface area contributed by atoms with Crippen LogP contribution in [0, 0.1) is 17.2 Å². The first-order valence-electron chi connectivity index (χ1n) is 9.66. The first-order valence-corrected chi connectivity index (χ1v) is 11.1. The summed E-state index contributed by atoms with van der Waals surface area (Å²) < 4.78 is 32.4. The van der Waals surface area contributed by atoms with Crippen LogP contribution in [0.2, 0.25) is 0 Å². The van der Waals surface area contributed by atoms with Crippen LogP contribution in [0.15, 0.2) is 64.2 Å². The molecule has 9 nitrogen and oxygen atoms in total. The molecule has 3 aromatic rings. The topological polar surface area (TPSA) is 129 Å². The Bertz CT molecular complexity index is 1230. The molecule has 0 atom stereocenters. The number of amides is 1. The van der Waals surface area contributed by atoms with Crippen LogP contribution in [-0.2, 0) is 14.8 Å². The van der Waals surface area contributed by atoms with E-state index in [4.69, 9.17) is 4.42 Å². The van der Waals surface area contributed by atoms with Crippen LogP contribution in [0.4, 0.5) is 5.69 Å². The summed E-state index contributed by atoms with van der Waals surface area (Å²) >= 11 is 0. The lowest BCUT2D eigenvalue weighted by atomic mass is 9.97. The predicted octanol–water partition coefficient (Wildman–Crippen LogP) is 2.65. The number of piperidine rings is 1. The van der Waals surface area contributed by atoms with Crippen molar-refractivity contribution in [2.45, 2.75) is 17.7 Å². The smallest absolute Gasteiger partial charge is 0.247 e. The summed E-state index contributed by atoms with van der Waals surface area (Å²) in [5, 5.41) is 19.6. The zero-order valence-electron chi connectivity index (χ0n) is 16.4. The zero-order chi connectivity index (χ0) is 21.8. The number of sulfonamides is 1. The highest BCUT2D eigenvalue weighted by Gasteiger charge is 2.33. The molecule has 1 fully saturated rings. The Balaban J connectivity index is 1.40. The van der Waals surface area contributed by atoms with E-state index >= 15 is 0 Å². The van der Waals surface area contributed by atoms with Crippen LogP contribution < -0.4 is 5.32 Å². The van der Waals surface area contributed by atoms with Gasteiger partial charge in [-0.05, 0) is 43.2 Å². The summed E-state index contributed by atoms with van der Waals surface area (Å²) in [6.45, 7) is 0.421. The molecule has 31 heavy (non-hydrogen) atoms. The van der Waals surface area contributed by atoms with E-state index in [1.807, 2.05) is 6.07 Å². The number of hydrogen-bond donors (Lipinski definition) is 1. The van der Waals surface area contributed by atoms with Crippen molar-refractivity contribution < 1.29 is 17.6 Å². The number of anilines is 1. The van der Waals surface area contributed by atoms with Crippen molar-refractivity contribution in [1.82, 2.24) is 14.5 Å². The third-order valence-corrected chi connectivity index (χ3v) is 7.14. The Kier molecular flexibility index (Phi) is 5.79. The van der Waals surface area contributed by atoms with Gasteiger partial charge in [0.05, 0.1) is 10.5 Å². The average molecular weight is 437 g/mol. The predicted molar refractivity (Wildman–Crippen MR) is 111 cm³/mol. The number of carbonyl (C=O) groups excluding carboxylic acids is 1. The second-order valence-electron chi connectivity index (χ2n) is 7.10. The van der Waals surface area contributed by atoms with Crippen LogP contribution >= 0.6 is 0 Å². The van der Waals surface area contributed by atoms with E-state index in [1.165, 1.54) is 22.8 Å². The number of rotatable bonds is 5. The average Bonchev–Trinajstić information content (AvgIpc) is 3.34. The van der Waals surface area contributed by atoms with Crippen LogP contribution in [-0.4, -0.2) is 41.9 Å². The minimum atomic E-state index is -3.79. The van der Waals surface area contributed by atoms with Gasteiger partial charge in [0.25, 0.3) is 0 Å². The van der Waals surface area contributed by atoms with Crippen molar-refractivity contribution in [2.24, 2.45) is 5.92 Å². The fourth-order valence-electron chi connectivity index (χ4n) is 3.55. The molecule has 1 aliphatic heterocycles. The number of aromatic nitrogens is 2. The normalized spacial score (nSPS) is 15.3. The molecule has 0 saturated carbocycles. The monoisotopic (exact) mass is 437 g/mol. The zero-order valence-corrected chi connectivity index (χ0v) is 17.2. The second kappa shape index (κ2) is 8.67. The number of nitrogens with one attached hydrogen (secondary N) is 1. The van der Waals surface area contributed by atoms with E-state index in [1.54, 1.807) is 36.4 Å². The summed E-state index contributed by atoms with van der Waals surface area (Å²) in [6, 6.07) is 15.1. The highest BCUT2D eigenvalue weighted by atomic mass is 32.2. The number of nitriles is 1. The van der Waals surface area contributed by atoms with Gasteiger partial charge in [-0.2, -0.15) is 9.57 Å². The fourth-order valence-corrected chi connectivity index (χ4v) is 5.17. The maximum Gasteiger partial charge on any atom is 0.247 e. The number of nitrogens with zero attached hydrogens (tertiary/aromatic N) is 4. The van der Waals surface area contributed by atoms with Gasteiger partial charge in [0, 0.05) is 30.3 Å². The first kappa shape index (κ1) is 20.7. The highest BCUT2D eigenvalue weighted by Crippen LogP contribution is 2.27. The lowest BCUT2D eigenvalue weighted by molar-refractivity contribution is -0.120. The van der Waals surface area contributed by atoms with Gasteiger partial charge in [-0.25, -0.2) is 8.42 Å². The Morgan fingerprint density at radius 1 is 1.16 bits per heavy atom. The molecule has 1 N–H and O–H groups in total. The quantitative estimate of drug-likeness (QED) is 0.649. The fraction of sp³-hybridized carbons (Fsp3) is 0.238. The van der Waals surface area contributed by atoms with E-state index in [-0.39, 0.29) is 35.4 Å². The molecule has 1 amide bonds. The number of benzene rings is 2. The van der Waals surface area contributed by atoms with Crippen LogP contribution in [0.5, 0.6) is 0 Å². The summed E-state index contributed by atoms with van der Waals surface area (Å²) in [6.07, 6.45) is 2.02. The molecule has 4 rings (SSSR count). The third kappa shape index (κ3) is 4.33. The molecule has 158 valence electrons. The Hall–Kier alpha value is -3.55. The lowest BCUT2D eigenvalue weighted by Crippen LogP contribution is -2.41. The molecular weight excluding hydrogens is 418 g/mol. The van der Waals surface area contributed by atoms with Crippen molar-refractivity contribution >= 4 is 21.6 Å². The summed E-state index contributed by atoms with van der Waals surface area (Å²) in [7, 11) is -3.79. The summed E-state index contributed by atoms with van der Waals surface area (Å²) in [4.78, 5) is 12.7. The van der Waals surface area contributed by atoms with Gasteiger partial charge in [-0.1, -0.05) is 18.2 Å². The maximum atomic E-state index is 12.9. The largest absolute Gasteiger partial charge is 0.423 e. The number of carbonyl (C=O) groups is 1. The molecule has 0 radical (unpaired) electrons. The van der Waals surface area contributed by atoms with Crippen molar-refractivity contribution in [3.63, 3.8) is 0 Å². The van der Waals surface area contributed by atoms with Crippen molar-refractivity contribution in [2.75, 3.05) is 18.4 Å². The number of hydrogen-bond acceptors (Lipinski definition) is 7. The van der Waals surface area contributed by atoms with E-state index in [0.717, 1.165) is 0 Å². The minimum absolute atomic E-state index is 0.00163. The Morgan fingerprint density at radius 2 is 1.94 bits per heavy atom. The van der Waals surface area contributed by atoms with Gasteiger partial charge in [0.15, 0.2) is 0 Å². The molecule has 1 aliphatic rings. The first-order chi connectivity index (χ1) is 15.0. The van der Waals surface area contributed by atoms with E-state index in [2.05, 4.69) is 15.5 Å².